The third-order valence-corrected chi connectivity index (χ3v) is 6.33. The number of aromatic nitrogens is 1. The number of aromatic carboxylic acids is 1. The van der Waals surface area contributed by atoms with Gasteiger partial charge in [-0.2, -0.15) is 0 Å². The SMILES string of the molecule is CC(C)(C)[C@@H]1C/C(=C/c2cccs2)c2nc3ccccc3c(C(=O)O)c2C1. The van der Waals surface area contributed by atoms with Gasteiger partial charge in [0.05, 0.1) is 16.8 Å². The Labute approximate surface area is 163 Å². The normalized spacial score (nSPS) is 18.6. The number of hydrogen-bond donors (Lipinski definition) is 1. The molecule has 27 heavy (non-hydrogen) atoms. The fourth-order valence-corrected chi connectivity index (χ4v) is 4.61. The first kappa shape index (κ1) is 17.9. The van der Waals surface area contributed by atoms with Crippen molar-refractivity contribution in [2.45, 2.75) is 33.6 Å². The Kier molecular flexibility index (Phi) is 4.39. The van der Waals surface area contributed by atoms with E-state index in [0.717, 1.165) is 40.6 Å². The molecular weight excluding hydrogens is 354 g/mol. The summed E-state index contributed by atoms with van der Waals surface area (Å²) in [6, 6.07) is 11.7. The molecule has 2 aromatic heterocycles. The lowest BCUT2D eigenvalue weighted by Gasteiger charge is -2.36. The fraction of sp³-hybridized carbons (Fsp3) is 0.304. The molecule has 3 nitrogen and oxygen atoms in total. The number of fused-ring (bicyclic) bond motifs is 2. The van der Waals surface area contributed by atoms with E-state index in [4.69, 9.17) is 4.98 Å². The number of thiophene rings is 1. The van der Waals surface area contributed by atoms with Crippen LogP contribution in [0.2, 0.25) is 0 Å². The van der Waals surface area contributed by atoms with Crippen LogP contribution in [0.3, 0.4) is 0 Å². The van der Waals surface area contributed by atoms with Crippen LogP contribution in [0, 0.1) is 11.3 Å². The van der Waals surface area contributed by atoms with Crippen molar-refractivity contribution in [2.75, 3.05) is 0 Å². The van der Waals surface area contributed by atoms with Gasteiger partial charge in [-0.25, -0.2) is 9.78 Å². The number of carboxylic acids is 1. The number of rotatable bonds is 2. The summed E-state index contributed by atoms with van der Waals surface area (Å²) in [5.74, 6) is -0.493. The maximum Gasteiger partial charge on any atom is 0.336 e. The second-order valence-electron chi connectivity index (χ2n) is 8.29. The van der Waals surface area contributed by atoms with Crippen molar-refractivity contribution < 1.29 is 9.90 Å². The number of hydrogen-bond acceptors (Lipinski definition) is 3. The van der Waals surface area contributed by atoms with Gasteiger partial charge in [0.1, 0.15) is 0 Å². The first-order valence-electron chi connectivity index (χ1n) is 9.24. The molecule has 1 aliphatic rings. The lowest BCUT2D eigenvalue weighted by molar-refractivity contribution is 0.0696. The summed E-state index contributed by atoms with van der Waals surface area (Å²) >= 11 is 1.69. The predicted octanol–water partition coefficient (Wildman–Crippen LogP) is 6.14. The number of carbonyl (C=O) groups is 1. The van der Waals surface area contributed by atoms with Crippen LogP contribution in [0.1, 0.15) is 53.7 Å². The lowest BCUT2D eigenvalue weighted by atomic mass is 9.69. The van der Waals surface area contributed by atoms with Crippen LogP contribution < -0.4 is 0 Å². The van der Waals surface area contributed by atoms with Gasteiger partial charge >= 0.3 is 5.97 Å². The van der Waals surface area contributed by atoms with E-state index in [1.807, 2.05) is 30.3 Å². The second-order valence-corrected chi connectivity index (χ2v) is 9.27. The van der Waals surface area contributed by atoms with Gasteiger partial charge in [0.15, 0.2) is 0 Å². The van der Waals surface area contributed by atoms with Crippen molar-refractivity contribution >= 4 is 39.9 Å². The Balaban J connectivity index is 2.01. The largest absolute Gasteiger partial charge is 0.478 e. The molecule has 138 valence electrons. The number of benzene rings is 1. The third kappa shape index (κ3) is 3.30. The van der Waals surface area contributed by atoms with Crippen LogP contribution in [0.15, 0.2) is 41.8 Å². The van der Waals surface area contributed by atoms with Crippen molar-refractivity contribution in [3.05, 3.63) is 63.5 Å². The average Bonchev–Trinajstić information content (AvgIpc) is 3.11. The number of nitrogens with zero attached hydrogens (tertiary/aromatic N) is 1. The molecule has 0 saturated heterocycles. The molecule has 0 saturated carbocycles. The maximum absolute atomic E-state index is 12.2. The molecule has 0 bridgehead atoms. The first-order chi connectivity index (χ1) is 12.8. The van der Waals surface area contributed by atoms with Crippen molar-refractivity contribution in [1.29, 1.82) is 0 Å². The molecule has 1 N–H and O–H groups in total. The molecule has 2 heterocycles. The molecule has 0 unspecified atom stereocenters. The summed E-state index contributed by atoms with van der Waals surface area (Å²) in [5, 5.41) is 12.8. The summed E-state index contributed by atoms with van der Waals surface area (Å²) in [7, 11) is 0. The Morgan fingerprint density at radius 1 is 1.19 bits per heavy atom. The van der Waals surface area contributed by atoms with E-state index in [1.165, 1.54) is 4.88 Å². The van der Waals surface area contributed by atoms with Gasteiger partial charge in [-0.3, -0.25) is 0 Å². The van der Waals surface area contributed by atoms with Crippen molar-refractivity contribution in [3.8, 4) is 0 Å². The Morgan fingerprint density at radius 3 is 2.63 bits per heavy atom. The Bertz CT molecular complexity index is 1040. The van der Waals surface area contributed by atoms with Crippen LogP contribution in [-0.2, 0) is 6.42 Å². The highest BCUT2D eigenvalue weighted by atomic mass is 32.1. The van der Waals surface area contributed by atoms with Crippen LogP contribution in [0.4, 0.5) is 0 Å². The monoisotopic (exact) mass is 377 g/mol. The highest BCUT2D eigenvalue weighted by Crippen LogP contribution is 2.44. The van der Waals surface area contributed by atoms with Gasteiger partial charge in [0.2, 0.25) is 0 Å². The molecule has 4 rings (SSSR count). The number of para-hydroxylation sites is 1. The fourth-order valence-electron chi connectivity index (χ4n) is 3.93. The van der Waals surface area contributed by atoms with Crippen LogP contribution in [0.5, 0.6) is 0 Å². The van der Waals surface area contributed by atoms with Crippen LogP contribution >= 0.6 is 11.3 Å². The van der Waals surface area contributed by atoms with Crippen molar-refractivity contribution in [2.24, 2.45) is 11.3 Å². The zero-order valence-corrected chi connectivity index (χ0v) is 16.6. The van der Waals surface area contributed by atoms with Gasteiger partial charge in [-0.05, 0) is 58.9 Å². The molecule has 0 fully saturated rings. The molecule has 3 aromatic rings. The van der Waals surface area contributed by atoms with Crippen molar-refractivity contribution in [1.82, 2.24) is 4.98 Å². The van der Waals surface area contributed by atoms with Gasteiger partial charge in [-0.15, -0.1) is 11.3 Å². The highest BCUT2D eigenvalue weighted by Gasteiger charge is 2.35. The van der Waals surface area contributed by atoms with Crippen LogP contribution in [-0.4, -0.2) is 16.1 Å². The Morgan fingerprint density at radius 2 is 1.96 bits per heavy atom. The third-order valence-electron chi connectivity index (χ3n) is 5.51. The Hall–Kier alpha value is -2.46. The molecule has 1 atom stereocenters. The van der Waals surface area contributed by atoms with Crippen LogP contribution in [0.25, 0.3) is 22.6 Å². The maximum atomic E-state index is 12.2. The van der Waals surface area contributed by atoms with Crippen molar-refractivity contribution in [3.63, 3.8) is 0 Å². The van der Waals surface area contributed by atoms with E-state index in [2.05, 4.69) is 38.3 Å². The summed E-state index contributed by atoms with van der Waals surface area (Å²) < 4.78 is 0. The van der Waals surface area contributed by atoms with E-state index in [1.54, 1.807) is 11.3 Å². The minimum Gasteiger partial charge on any atom is -0.478 e. The second kappa shape index (κ2) is 6.61. The molecule has 0 radical (unpaired) electrons. The molecule has 1 aromatic carbocycles. The summed E-state index contributed by atoms with van der Waals surface area (Å²) in [6.45, 7) is 6.71. The zero-order valence-electron chi connectivity index (χ0n) is 15.8. The smallest absolute Gasteiger partial charge is 0.336 e. The van der Waals surface area contributed by atoms with E-state index < -0.39 is 5.97 Å². The quantitative estimate of drug-likeness (QED) is 0.583. The number of allylic oxidation sites excluding steroid dienone is 1. The number of carboxylic acid groups (broad SMARTS) is 1. The standard InChI is InChI=1S/C23H23NO2S/c1-23(2,3)15-11-14(12-16-7-6-10-27-16)21-18(13-15)20(22(25)26)17-8-4-5-9-19(17)24-21/h4-10,12,15H,11,13H2,1-3H3,(H,25,26)/b14-12-/t15-/m1/s1. The van der Waals surface area contributed by atoms with Gasteiger partial charge < -0.3 is 5.11 Å². The summed E-state index contributed by atoms with van der Waals surface area (Å²) in [5.41, 5.74) is 4.15. The topological polar surface area (TPSA) is 50.2 Å². The minimum absolute atomic E-state index is 0.0909. The highest BCUT2D eigenvalue weighted by molar-refractivity contribution is 7.10. The molecule has 4 heteroatoms. The van der Waals surface area contributed by atoms with E-state index in [0.29, 0.717) is 11.5 Å². The predicted molar refractivity (Wildman–Crippen MR) is 112 cm³/mol. The van der Waals surface area contributed by atoms with Gasteiger partial charge in [0.25, 0.3) is 0 Å². The van der Waals surface area contributed by atoms with Gasteiger partial charge in [0, 0.05) is 10.3 Å². The molecule has 0 amide bonds. The molecule has 0 spiro atoms. The summed E-state index contributed by atoms with van der Waals surface area (Å²) in [4.78, 5) is 18.3. The van der Waals surface area contributed by atoms with E-state index in [9.17, 15) is 9.90 Å². The zero-order chi connectivity index (χ0) is 19.2. The minimum atomic E-state index is -0.866. The average molecular weight is 378 g/mol. The molecule has 1 aliphatic carbocycles. The van der Waals surface area contributed by atoms with E-state index in [-0.39, 0.29) is 5.41 Å². The van der Waals surface area contributed by atoms with E-state index >= 15 is 0 Å². The molecule has 0 aliphatic heterocycles. The summed E-state index contributed by atoms with van der Waals surface area (Å²) in [6.07, 6.45) is 3.85. The number of pyridine rings is 1. The molecular formula is C23H23NO2S. The van der Waals surface area contributed by atoms with Gasteiger partial charge in [-0.1, -0.05) is 45.0 Å². The lowest BCUT2D eigenvalue weighted by Crippen LogP contribution is -2.28. The first-order valence-corrected chi connectivity index (χ1v) is 10.1.